The topological polar surface area (TPSA) is 138 Å². The second-order valence-electron chi connectivity index (χ2n) is 11.5. The molecule has 238 valence electrons. The number of benzene rings is 2. The van der Waals surface area contributed by atoms with E-state index >= 15 is 0 Å². The molecule has 4 N–H and O–H groups in total. The molecule has 0 unspecified atom stereocenters. The number of aromatic nitrogens is 2. The molecule has 0 saturated carbocycles. The molecule has 0 aliphatic carbocycles. The lowest BCUT2D eigenvalue weighted by Gasteiger charge is -2.36. The van der Waals surface area contributed by atoms with Gasteiger partial charge >= 0.3 is 0 Å². The minimum atomic E-state index is -0.810. The third-order valence-electron chi connectivity index (χ3n) is 7.46. The number of nitrogens with zero attached hydrogens (tertiary/aromatic N) is 3. The van der Waals surface area contributed by atoms with Gasteiger partial charge in [-0.1, -0.05) is 48.3 Å². The molecule has 3 atom stereocenters. The van der Waals surface area contributed by atoms with Crippen LogP contribution in [0, 0.1) is 5.41 Å². The fourth-order valence-corrected chi connectivity index (χ4v) is 5.62. The normalized spacial score (nSPS) is 16.1. The number of likely N-dealkylation sites (N-methyl/N-ethyl adjacent to an activating group) is 1. The van der Waals surface area contributed by atoms with Crippen molar-refractivity contribution in [2.45, 2.75) is 58.7 Å². The van der Waals surface area contributed by atoms with Gasteiger partial charge in [0.25, 0.3) is 0 Å². The van der Waals surface area contributed by atoms with Gasteiger partial charge < -0.3 is 30.9 Å². The maximum Gasteiger partial charge on any atom is 0.247 e. The molecule has 4 rings (SSSR count). The second-order valence-corrected chi connectivity index (χ2v) is 12.9. The van der Waals surface area contributed by atoms with Crippen molar-refractivity contribution >= 4 is 85.8 Å². The van der Waals surface area contributed by atoms with Crippen LogP contribution >= 0.6 is 39.9 Å². The highest BCUT2D eigenvalue weighted by Gasteiger charge is 2.42. The zero-order valence-electron chi connectivity index (χ0n) is 25.5. The van der Waals surface area contributed by atoms with Gasteiger partial charge in [-0.25, -0.2) is 9.97 Å². The summed E-state index contributed by atoms with van der Waals surface area (Å²) < 4.78 is 6.43. The van der Waals surface area contributed by atoms with Crippen LogP contribution in [0.5, 0.6) is 5.75 Å². The van der Waals surface area contributed by atoms with Gasteiger partial charge in [0.2, 0.25) is 17.7 Å². The molecule has 1 fully saturated rings. The molecular formula is C30H38BrCl2N7O4. The summed E-state index contributed by atoms with van der Waals surface area (Å²) in [6.07, 6.45) is 2.58. The Bertz CT molecular complexity index is 1540. The number of anilines is 3. The monoisotopic (exact) mass is 709 g/mol. The Kier molecular flexibility index (Phi) is 11.8. The summed E-state index contributed by atoms with van der Waals surface area (Å²) in [4.78, 5) is 50.6. The minimum absolute atomic E-state index is 0. The summed E-state index contributed by atoms with van der Waals surface area (Å²) in [5, 5.41) is 13.1. The van der Waals surface area contributed by atoms with E-state index in [4.69, 9.17) is 16.3 Å². The van der Waals surface area contributed by atoms with Gasteiger partial charge in [-0.15, -0.1) is 12.4 Å². The summed E-state index contributed by atoms with van der Waals surface area (Å²) in [6, 6.07) is 6.90. The van der Waals surface area contributed by atoms with Crippen LogP contribution in [0.4, 0.5) is 17.2 Å². The van der Waals surface area contributed by atoms with E-state index in [-0.39, 0.29) is 30.1 Å². The lowest BCUT2D eigenvalue weighted by Crippen LogP contribution is -2.59. The zero-order chi connectivity index (χ0) is 31.5. The maximum atomic E-state index is 13.8. The largest absolute Gasteiger partial charge is 0.494 e. The SMILES string of the molecule is CN[C@@H](C)C(=O)N[C@H](C(=O)N1CCC[C@H]1C(=O)Nc1cc2c(Nc3ccc(Br)cc3Cl)ncnc2cc1OC)C(C)(C)C.Cl. The van der Waals surface area contributed by atoms with Crippen molar-refractivity contribution in [3.8, 4) is 5.75 Å². The van der Waals surface area contributed by atoms with E-state index in [2.05, 4.69) is 47.2 Å². The van der Waals surface area contributed by atoms with Crippen LogP contribution in [-0.2, 0) is 14.4 Å². The maximum absolute atomic E-state index is 13.8. The Hall–Kier alpha value is -3.19. The number of carbonyl (C=O) groups is 3. The fraction of sp³-hybridized carbons (Fsp3) is 0.433. The predicted molar refractivity (Wildman–Crippen MR) is 179 cm³/mol. The summed E-state index contributed by atoms with van der Waals surface area (Å²) >= 11 is 9.83. The van der Waals surface area contributed by atoms with Gasteiger partial charge in [-0.05, 0) is 56.5 Å². The van der Waals surface area contributed by atoms with Gasteiger partial charge in [-0.3, -0.25) is 14.4 Å². The predicted octanol–water partition coefficient (Wildman–Crippen LogP) is 5.29. The third-order valence-corrected chi connectivity index (χ3v) is 8.27. The lowest BCUT2D eigenvalue weighted by atomic mass is 9.85. The second kappa shape index (κ2) is 14.7. The van der Waals surface area contributed by atoms with E-state index in [9.17, 15) is 14.4 Å². The average molecular weight is 711 g/mol. The van der Waals surface area contributed by atoms with Gasteiger partial charge in [-0.2, -0.15) is 0 Å². The summed E-state index contributed by atoms with van der Waals surface area (Å²) in [7, 11) is 3.19. The number of fused-ring (bicyclic) bond motifs is 1. The van der Waals surface area contributed by atoms with E-state index in [1.54, 1.807) is 37.1 Å². The Morgan fingerprint density at radius 3 is 2.50 bits per heavy atom. The van der Waals surface area contributed by atoms with Crippen LogP contribution < -0.4 is 26.0 Å². The highest BCUT2D eigenvalue weighted by atomic mass is 79.9. The average Bonchev–Trinajstić information content (AvgIpc) is 3.46. The van der Waals surface area contributed by atoms with Crippen molar-refractivity contribution in [3.05, 3.63) is 46.2 Å². The lowest BCUT2D eigenvalue weighted by molar-refractivity contribution is -0.143. The van der Waals surface area contributed by atoms with Gasteiger partial charge in [0, 0.05) is 22.5 Å². The van der Waals surface area contributed by atoms with Crippen LogP contribution in [0.3, 0.4) is 0 Å². The van der Waals surface area contributed by atoms with Crippen LogP contribution in [0.15, 0.2) is 41.1 Å². The molecule has 0 spiro atoms. The molecule has 1 aliphatic rings. The number of hydrogen-bond donors (Lipinski definition) is 4. The number of halogens is 3. The molecule has 1 aromatic heterocycles. The summed E-state index contributed by atoms with van der Waals surface area (Å²) in [6.45, 7) is 7.80. The molecule has 1 saturated heterocycles. The van der Waals surface area contributed by atoms with Gasteiger partial charge in [0.1, 0.15) is 30.0 Å². The van der Waals surface area contributed by atoms with E-state index in [1.165, 1.54) is 13.4 Å². The molecule has 3 amide bonds. The van der Waals surface area contributed by atoms with Crippen molar-refractivity contribution in [2.75, 3.05) is 31.3 Å². The first kappa shape index (κ1) is 35.3. The highest BCUT2D eigenvalue weighted by molar-refractivity contribution is 9.10. The molecule has 11 nitrogen and oxygen atoms in total. The number of amides is 3. The van der Waals surface area contributed by atoms with Crippen molar-refractivity contribution < 1.29 is 19.1 Å². The number of nitrogens with one attached hydrogen (secondary N) is 4. The highest BCUT2D eigenvalue weighted by Crippen LogP contribution is 2.35. The number of likely N-dealkylation sites (tertiary alicyclic amines) is 1. The Balaban J connectivity index is 0.00000529. The van der Waals surface area contributed by atoms with Gasteiger partial charge in [0.15, 0.2) is 0 Å². The quantitative estimate of drug-likeness (QED) is 0.235. The number of ether oxygens (including phenoxy) is 1. The molecule has 2 heterocycles. The van der Waals surface area contributed by atoms with Crippen molar-refractivity contribution in [1.82, 2.24) is 25.5 Å². The minimum Gasteiger partial charge on any atom is -0.494 e. The van der Waals surface area contributed by atoms with Crippen molar-refractivity contribution in [3.63, 3.8) is 0 Å². The fourth-order valence-electron chi connectivity index (χ4n) is 4.90. The molecule has 14 heteroatoms. The molecular weight excluding hydrogens is 673 g/mol. The number of carbonyl (C=O) groups excluding carboxylic acids is 3. The van der Waals surface area contributed by atoms with E-state index in [0.717, 1.165) is 4.47 Å². The standard InChI is InChI=1S/C30H37BrClN7O4.ClH/c1-16(33-5)27(40)38-25(30(2,3)4)29(42)39-11-7-8-23(39)28(41)37-22-13-18-21(14-24(22)43-6)34-15-35-26(18)36-20-10-9-17(31)12-19(20)32;/h9-10,12-16,23,25,33H,7-8,11H2,1-6H3,(H,37,41)(H,38,40)(H,34,35,36);1H/t16-,23-,25+;/m0./s1. The van der Waals surface area contributed by atoms with E-state index in [1.807, 2.05) is 32.9 Å². The number of hydrogen-bond acceptors (Lipinski definition) is 8. The van der Waals surface area contributed by atoms with Crippen LogP contribution in [0.25, 0.3) is 10.9 Å². The van der Waals surface area contributed by atoms with Crippen molar-refractivity contribution in [1.29, 1.82) is 0 Å². The Morgan fingerprint density at radius 1 is 1.14 bits per heavy atom. The number of rotatable bonds is 9. The molecule has 3 aromatic rings. The first-order valence-corrected chi connectivity index (χ1v) is 15.1. The Labute approximate surface area is 276 Å². The molecule has 44 heavy (non-hydrogen) atoms. The van der Waals surface area contributed by atoms with E-state index in [0.29, 0.717) is 58.3 Å². The molecule has 0 bridgehead atoms. The number of methoxy groups -OCH3 is 1. The van der Waals surface area contributed by atoms with Crippen molar-refractivity contribution in [2.24, 2.45) is 5.41 Å². The first-order valence-electron chi connectivity index (χ1n) is 14.0. The molecule has 0 radical (unpaired) electrons. The smallest absolute Gasteiger partial charge is 0.247 e. The third kappa shape index (κ3) is 7.90. The molecule has 1 aliphatic heterocycles. The van der Waals surface area contributed by atoms with Gasteiger partial charge in [0.05, 0.1) is 35.1 Å². The Morgan fingerprint density at radius 2 is 1.86 bits per heavy atom. The van der Waals surface area contributed by atoms with Crippen LogP contribution in [0.2, 0.25) is 5.02 Å². The summed E-state index contributed by atoms with van der Waals surface area (Å²) in [5.41, 5.74) is 1.07. The van der Waals surface area contributed by atoms with Crippen LogP contribution in [-0.4, -0.2) is 71.4 Å². The first-order chi connectivity index (χ1) is 20.3. The summed E-state index contributed by atoms with van der Waals surface area (Å²) in [5.74, 6) is -0.0339. The zero-order valence-corrected chi connectivity index (χ0v) is 28.6. The van der Waals surface area contributed by atoms with Crippen LogP contribution in [0.1, 0.15) is 40.5 Å². The molecule has 2 aromatic carbocycles. The van der Waals surface area contributed by atoms with E-state index < -0.39 is 23.5 Å².